The molecule has 31 heavy (non-hydrogen) atoms. The first-order valence-electron chi connectivity index (χ1n) is 9.17. The number of alkyl halides is 2. The van der Waals surface area contributed by atoms with E-state index in [0.717, 1.165) is 17.0 Å². The van der Waals surface area contributed by atoms with Crippen molar-refractivity contribution in [2.24, 2.45) is 0 Å². The van der Waals surface area contributed by atoms with Crippen molar-refractivity contribution in [1.29, 1.82) is 0 Å². The number of carbonyl (C=O) groups excluding carboxylic acids is 2. The van der Waals surface area contributed by atoms with E-state index in [1.54, 1.807) is 6.07 Å². The molecule has 1 aliphatic heterocycles. The van der Waals surface area contributed by atoms with Crippen LogP contribution in [0, 0.1) is 11.6 Å². The molecule has 6 nitrogen and oxygen atoms in total. The minimum Gasteiger partial charge on any atom is -0.339 e. The number of aromatic amines is 1. The molecule has 0 radical (unpaired) electrons. The third-order valence-corrected chi connectivity index (χ3v) is 5.07. The highest BCUT2D eigenvalue weighted by atomic mass is 35.5. The van der Waals surface area contributed by atoms with Crippen LogP contribution in [0.4, 0.5) is 17.6 Å². The van der Waals surface area contributed by atoms with Gasteiger partial charge in [0.1, 0.15) is 17.4 Å². The monoisotopic (exact) mass is 454 g/mol. The van der Waals surface area contributed by atoms with Crippen LogP contribution in [0.25, 0.3) is 11.0 Å². The fourth-order valence-electron chi connectivity index (χ4n) is 3.34. The summed E-state index contributed by atoms with van der Waals surface area (Å²) in [5.41, 5.74) is 0.678. The zero-order chi connectivity index (χ0) is 22.3. The van der Waals surface area contributed by atoms with E-state index in [4.69, 9.17) is 11.6 Å². The molecule has 162 valence electrons. The average molecular weight is 455 g/mol. The van der Waals surface area contributed by atoms with Crippen LogP contribution in [0.3, 0.4) is 0 Å². The predicted molar refractivity (Wildman–Crippen MR) is 104 cm³/mol. The first kappa shape index (κ1) is 21.1. The van der Waals surface area contributed by atoms with Crippen LogP contribution in [-0.4, -0.2) is 51.7 Å². The van der Waals surface area contributed by atoms with Crippen molar-refractivity contribution in [3.8, 4) is 0 Å². The summed E-state index contributed by atoms with van der Waals surface area (Å²) in [5.74, 6) is -6.62. The summed E-state index contributed by atoms with van der Waals surface area (Å²) in [5, 5.41) is 3.41. The number of halogens is 5. The Morgan fingerprint density at radius 3 is 2.61 bits per heavy atom. The van der Waals surface area contributed by atoms with Crippen LogP contribution >= 0.6 is 11.6 Å². The summed E-state index contributed by atoms with van der Waals surface area (Å²) in [7, 11) is 0. The van der Waals surface area contributed by atoms with Gasteiger partial charge >= 0.3 is 0 Å². The van der Waals surface area contributed by atoms with Gasteiger partial charge in [0.05, 0.1) is 18.1 Å². The number of amides is 2. The number of carbonyl (C=O) groups is 2. The van der Waals surface area contributed by atoms with Crippen molar-refractivity contribution in [2.75, 3.05) is 13.1 Å². The van der Waals surface area contributed by atoms with Crippen LogP contribution in [0.1, 0.15) is 16.1 Å². The summed E-state index contributed by atoms with van der Waals surface area (Å²) >= 11 is 5.88. The van der Waals surface area contributed by atoms with Crippen molar-refractivity contribution in [1.82, 2.24) is 20.2 Å². The molecule has 4 rings (SSSR count). The van der Waals surface area contributed by atoms with Crippen molar-refractivity contribution in [3.05, 3.63) is 64.4 Å². The van der Waals surface area contributed by atoms with Crippen molar-refractivity contribution < 1.29 is 27.2 Å². The number of nitrogens with zero attached hydrogens (tertiary/aromatic N) is 2. The van der Waals surface area contributed by atoms with E-state index in [2.05, 4.69) is 15.3 Å². The number of H-pyrrole nitrogens is 1. The van der Waals surface area contributed by atoms with Gasteiger partial charge in [-0.3, -0.25) is 9.59 Å². The van der Waals surface area contributed by atoms with E-state index in [9.17, 15) is 27.2 Å². The number of aromatic nitrogens is 2. The Labute approximate surface area is 178 Å². The number of hydrogen-bond acceptors (Lipinski definition) is 3. The maximum absolute atomic E-state index is 13.6. The molecule has 1 fully saturated rings. The number of nitrogens with one attached hydrogen (secondary N) is 2. The van der Waals surface area contributed by atoms with Gasteiger partial charge in [0.2, 0.25) is 5.91 Å². The minimum absolute atomic E-state index is 0.0711. The predicted octanol–water partition coefficient (Wildman–Crippen LogP) is 3.31. The van der Waals surface area contributed by atoms with E-state index in [1.807, 2.05) is 0 Å². The molecule has 0 spiro atoms. The van der Waals surface area contributed by atoms with Crippen LogP contribution in [0.15, 0.2) is 36.5 Å². The van der Waals surface area contributed by atoms with E-state index >= 15 is 0 Å². The van der Waals surface area contributed by atoms with Gasteiger partial charge in [-0.1, -0.05) is 17.7 Å². The zero-order valence-corrected chi connectivity index (χ0v) is 16.5. The summed E-state index contributed by atoms with van der Waals surface area (Å²) in [6.07, 6.45) is 1.18. The molecule has 2 aromatic heterocycles. The lowest BCUT2D eigenvalue weighted by atomic mass is 10.0. The standard InChI is InChI=1S/C20H15ClF4N4O2/c21-12-5-11-6-15(27-17(11)26-7-12)18(30)28-16(19(31)29-8-20(24,25)9-29)4-10-1-2-13(22)14(23)3-10/h1-3,5-7,16H,4,8-9H2,(H,26,27)(H,28,30)/t16-/m0/s1. The first-order chi connectivity index (χ1) is 14.6. The lowest BCUT2D eigenvalue weighted by molar-refractivity contribution is -0.167. The smallest absolute Gasteiger partial charge is 0.282 e. The molecule has 1 aromatic carbocycles. The lowest BCUT2D eigenvalue weighted by Crippen LogP contribution is -2.63. The third kappa shape index (κ3) is 4.48. The molecule has 0 bridgehead atoms. The maximum Gasteiger partial charge on any atom is 0.282 e. The maximum atomic E-state index is 13.6. The Balaban J connectivity index is 1.57. The molecule has 3 aromatic rings. The average Bonchev–Trinajstić information content (AvgIpc) is 3.11. The molecule has 0 saturated carbocycles. The van der Waals surface area contributed by atoms with Crippen LogP contribution in [-0.2, 0) is 11.2 Å². The molecule has 0 aliphatic carbocycles. The third-order valence-electron chi connectivity index (χ3n) is 4.86. The second-order valence-electron chi connectivity index (χ2n) is 7.30. The molecule has 3 heterocycles. The van der Waals surface area contributed by atoms with Gasteiger partial charge in [-0.25, -0.2) is 22.5 Å². The number of fused-ring (bicyclic) bond motifs is 1. The number of likely N-dealkylation sites (tertiary alicyclic amines) is 1. The Bertz CT molecular complexity index is 1180. The number of pyridine rings is 1. The van der Waals surface area contributed by atoms with Gasteiger partial charge in [-0.2, -0.15) is 0 Å². The second-order valence-corrected chi connectivity index (χ2v) is 7.74. The number of benzene rings is 1. The highest BCUT2D eigenvalue weighted by Gasteiger charge is 2.47. The van der Waals surface area contributed by atoms with E-state index in [1.165, 1.54) is 18.3 Å². The van der Waals surface area contributed by atoms with Gasteiger partial charge in [0, 0.05) is 18.0 Å². The van der Waals surface area contributed by atoms with Gasteiger partial charge in [0.25, 0.3) is 11.8 Å². The molecule has 1 atom stereocenters. The van der Waals surface area contributed by atoms with Gasteiger partial charge < -0.3 is 15.2 Å². The quantitative estimate of drug-likeness (QED) is 0.581. The zero-order valence-electron chi connectivity index (χ0n) is 15.8. The van der Waals surface area contributed by atoms with Gasteiger partial charge in [-0.15, -0.1) is 0 Å². The van der Waals surface area contributed by atoms with Gasteiger partial charge in [-0.05, 0) is 29.8 Å². The molecule has 2 N–H and O–H groups in total. The molecular weight excluding hydrogens is 440 g/mol. The second kappa shape index (κ2) is 7.84. The van der Waals surface area contributed by atoms with Crippen molar-refractivity contribution in [3.63, 3.8) is 0 Å². The van der Waals surface area contributed by atoms with Crippen LogP contribution in [0.2, 0.25) is 5.02 Å². The molecule has 11 heteroatoms. The lowest BCUT2D eigenvalue weighted by Gasteiger charge is -2.40. The molecule has 2 amide bonds. The highest BCUT2D eigenvalue weighted by Crippen LogP contribution is 2.27. The van der Waals surface area contributed by atoms with Crippen LogP contribution < -0.4 is 5.32 Å². The highest BCUT2D eigenvalue weighted by molar-refractivity contribution is 6.31. The van der Waals surface area contributed by atoms with E-state index < -0.39 is 48.5 Å². The van der Waals surface area contributed by atoms with E-state index in [-0.39, 0.29) is 17.7 Å². The Morgan fingerprint density at radius 2 is 1.94 bits per heavy atom. The molecule has 0 unspecified atom stereocenters. The minimum atomic E-state index is -2.99. The Morgan fingerprint density at radius 1 is 1.19 bits per heavy atom. The largest absolute Gasteiger partial charge is 0.339 e. The summed E-state index contributed by atoms with van der Waals surface area (Å²) in [4.78, 5) is 33.2. The summed E-state index contributed by atoms with van der Waals surface area (Å²) < 4.78 is 53.2. The molecule has 1 aliphatic rings. The summed E-state index contributed by atoms with van der Waals surface area (Å²) in [6, 6.07) is 4.82. The molecule has 1 saturated heterocycles. The topological polar surface area (TPSA) is 78.1 Å². The first-order valence-corrected chi connectivity index (χ1v) is 9.55. The normalized spacial score (nSPS) is 16.1. The summed E-state index contributed by atoms with van der Waals surface area (Å²) in [6.45, 7) is -1.55. The SMILES string of the molecule is O=C(N[C@@H](Cc1ccc(F)c(F)c1)C(=O)N1CC(F)(F)C1)c1cc2cc(Cl)cnc2[nH]1. The molecular formula is C20H15ClF4N4O2. The van der Waals surface area contributed by atoms with Gasteiger partial charge in [0.15, 0.2) is 11.6 Å². The Kier molecular flexibility index (Phi) is 5.34. The fraction of sp³-hybridized carbons (Fsp3) is 0.250. The van der Waals surface area contributed by atoms with Crippen molar-refractivity contribution >= 4 is 34.4 Å². The van der Waals surface area contributed by atoms with E-state index in [0.29, 0.717) is 16.1 Å². The van der Waals surface area contributed by atoms with Crippen molar-refractivity contribution in [2.45, 2.75) is 18.4 Å². The number of rotatable bonds is 5. The Hall–Kier alpha value is -3.14. The number of hydrogen-bond donors (Lipinski definition) is 2. The van der Waals surface area contributed by atoms with Crippen LogP contribution in [0.5, 0.6) is 0 Å². The fourth-order valence-corrected chi connectivity index (χ4v) is 3.50.